The maximum atomic E-state index is 14.0. The summed E-state index contributed by atoms with van der Waals surface area (Å²) in [6.07, 6.45) is 2.42. The predicted molar refractivity (Wildman–Crippen MR) is 302 cm³/mol. The number of rotatable bonds is 10. The molecule has 404 valence electrons. The molecule has 2 saturated heterocycles. The van der Waals surface area contributed by atoms with E-state index in [2.05, 4.69) is 41.5 Å². The van der Waals surface area contributed by atoms with Crippen molar-refractivity contribution in [3.05, 3.63) is 189 Å². The number of nitrogens with zero attached hydrogens (tertiary/aromatic N) is 4. The van der Waals surface area contributed by atoms with Crippen LogP contribution in [0.15, 0.2) is 133 Å². The molecule has 4 fully saturated rings. The number of carbonyl (C=O) groups is 9. The molecule has 0 radical (unpaired) electrons. The summed E-state index contributed by atoms with van der Waals surface area (Å²) < 4.78 is 0. The van der Waals surface area contributed by atoms with Crippen molar-refractivity contribution in [3.8, 4) is 0 Å². The molecular formula is C67H62N4O9. The largest absolute Gasteiger partial charge is 0.289 e. The molecule has 0 bridgehead atoms. The van der Waals surface area contributed by atoms with Crippen LogP contribution in [0.4, 0.5) is 22.7 Å². The van der Waals surface area contributed by atoms with Crippen molar-refractivity contribution >= 4 is 75.8 Å². The van der Waals surface area contributed by atoms with Gasteiger partial charge < -0.3 is 0 Å². The molecule has 0 N–H and O–H groups in total. The molecule has 6 aliphatic rings. The van der Waals surface area contributed by atoms with Gasteiger partial charge in [-0.05, 0) is 170 Å². The normalized spacial score (nSPS) is 28.0. The highest BCUT2D eigenvalue weighted by molar-refractivity contribution is 6.36. The van der Waals surface area contributed by atoms with Gasteiger partial charge in [-0.25, -0.2) is 19.6 Å². The monoisotopic (exact) mass is 1070 g/mol. The molecule has 13 nitrogen and oxygen atoms in total. The van der Waals surface area contributed by atoms with Crippen LogP contribution >= 0.6 is 0 Å². The fraction of sp³-hybridized carbons (Fsp3) is 0.328. The molecule has 2 saturated carbocycles. The number of anilines is 4. The topological polar surface area (TPSA) is 167 Å². The molecule has 4 heterocycles. The number of ketones is 1. The van der Waals surface area contributed by atoms with E-state index in [0.29, 0.717) is 72.1 Å². The molecule has 2 aliphatic carbocycles. The Labute approximate surface area is 464 Å². The number of benzene rings is 6. The van der Waals surface area contributed by atoms with Gasteiger partial charge in [0.05, 0.1) is 67.7 Å². The third kappa shape index (κ3) is 7.74. The molecule has 10 unspecified atom stereocenters. The van der Waals surface area contributed by atoms with Crippen LogP contribution in [-0.2, 0) is 32.0 Å². The number of imide groups is 4. The van der Waals surface area contributed by atoms with Crippen LogP contribution in [-0.4, -0.2) is 53.0 Å². The highest BCUT2D eigenvalue weighted by Crippen LogP contribution is 2.57. The average Bonchev–Trinajstić information content (AvgIpc) is 4.25. The second-order valence-electron chi connectivity index (χ2n) is 24.1. The molecule has 0 aromatic heterocycles. The van der Waals surface area contributed by atoms with Crippen LogP contribution in [0.2, 0.25) is 0 Å². The molecule has 4 aliphatic heterocycles. The molecule has 6 aromatic carbocycles. The summed E-state index contributed by atoms with van der Waals surface area (Å²) in [7, 11) is 0. The van der Waals surface area contributed by atoms with Crippen molar-refractivity contribution in [1.29, 1.82) is 0 Å². The van der Waals surface area contributed by atoms with E-state index in [1.165, 1.54) is 46.2 Å². The first kappa shape index (κ1) is 52.3. The zero-order valence-corrected chi connectivity index (χ0v) is 46.1. The zero-order chi connectivity index (χ0) is 56.6. The average molecular weight is 1070 g/mol. The molecule has 6 aromatic rings. The minimum Gasteiger partial charge on any atom is -0.289 e. The summed E-state index contributed by atoms with van der Waals surface area (Å²) in [5.41, 5.74) is 4.73. The Morgan fingerprint density at radius 3 is 1.00 bits per heavy atom. The summed E-state index contributed by atoms with van der Waals surface area (Å²) in [6, 6.07) is 37.6. The van der Waals surface area contributed by atoms with E-state index >= 15 is 0 Å². The van der Waals surface area contributed by atoms with Gasteiger partial charge in [-0.15, -0.1) is 0 Å². The maximum Gasteiger partial charge on any atom is 0.266 e. The van der Waals surface area contributed by atoms with E-state index in [0.717, 1.165) is 32.1 Å². The molecule has 0 spiro atoms. The van der Waals surface area contributed by atoms with Crippen molar-refractivity contribution in [1.82, 2.24) is 0 Å². The van der Waals surface area contributed by atoms with Gasteiger partial charge in [0.2, 0.25) is 23.6 Å². The molecule has 12 rings (SSSR count). The Balaban J connectivity index is 0.681. The summed E-state index contributed by atoms with van der Waals surface area (Å²) in [6.45, 7) is 16.7. The highest BCUT2D eigenvalue weighted by atomic mass is 16.2. The third-order valence-electron chi connectivity index (χ3n) is 20.2. The summed E-state index contributed by atoms with van der Waals surface area (Å²) in [5, 5.41) is 0. The lowest BCUT2D eigenvalue weighted by atomic mass is 9.56. The lowest BCUT2D eigenvalue weighted by Gasteiger charge is -2.45. The van der Waals surface area contributed by atoms with Gasteiger partial charge in [0, 0.05) is 11.1 Å². The Hall–Kier alpha value is -8.45. The van der Waals surface area contributed by atoms with Crippen LogP contribution in [0.1, 0.15) is 148 Å². The molecule has 80 heavy (non-hydrogen) atoms. The van der Waals surface area contributed by atoms with Gasteiger partial charge in [0.25, 0.3) is 23.6 Å². The third-order valence-corrected chi connectivity index (χ3v) is 20.2. The SMILES string of the molecule is CC1CC2C(=O)N(c3ccc(Cc4ccc(N5C(=O)c6ccc(C(=O)c7ccc8c(c7)C(=O)N(c7ccc(Cc9ccc(N%10C(=O)C%11CC(C)C(C)C(C)C%11(C)C%10=O)cc9)cc7)C8=O)cc6C5=O)cc4)cc3)C(=O)C2(C)C(C)C1C. The van der Waals surface area contributed by atoms with Crippen molar-refractivity contribution in [3.63, 3.8) is 0 Å². The maximum absolute atomic E-state index is 14.0. The lowest BCUT2D eigenvalue weighted by molar-refractivity contribution is -0.136. The van der Waals surface area contributed by atoms with Gasteiger partial charge in [0.15, 0.2) is 5.78 Å². The Kier molecular flexibility index (Phi) is 12.3. The van der Waals surface area contributed by atoms with Gasteiger partial charge in [0.1, 0.15) is 0 Å². The van der Waals surface area contributed by atoms with Crippen LogP contribution in [0.3, 0.4) is 0 Å². The fourth-order valence-electron chi connectivity index (χ4n) is 14.2. The first-order valence-corrected chi connectivity index (χ1v) is 27.9. The van der Waals surface area contributed by atoms with Crippen molar-refractivity contribution in [2.24, 2.45) is 58.2 Å². The number of amides is 8. The smallest absolute Gasteiger partial charge is 0.266 e. The van der Waals surface area contributed by atoms with Crippen LogP contribution in [0, 0.1) is 58.2 Å². The zero-order valence-electron chi connectivity index (χ0n) is 46.1. The summed E-state index contributed by atoms with van der Waals surface area (Å²) >= 11 is 0. The number of hydrogen-bond acceptors (Lipinski definition) is 9. The minimum atomic E-state index is -0.736. The fourth-order valence-corrected chi connectivity index (χ4v) is 14.2. The van der Waals surface area contributed by atoms with E-state index in [4.69, 9.17) is 0 Å². The second-order valence-corrected chi connectivity index (χ2v) is 24.1. The first-order valence-electron chi connectivity index (χ1n) is 27.9. The van der Waals surface area contributed by atoms with E-state index in [9.17, 15) is 43.2 Å². The molecule has 10 atom stereocenters. The van der Waals surface area contributed by atoms with Crippen molar-refractivity contribution in [2.45, 2.75) is 81.1 Å². The Bertz CT molecular complexity index is 3460. The molecule has 8 amide bonds. The van der Waals surface area contributed by atoms with Gasteiger partial charge >= 0.3 is 0 Å². The highest BCUT2D eigenvalue weighted by Gasteiger charge is 2.64. The summed E-state index contributed by atoms with van der Waals surface area (Å²) in [5.74, 6) is -2.47. The van der Waals surface area contributed by atoms with E-state index in [1.54, 1.807) is 24.3 Å². The van der Waals surface area contributed by atoms with Crippen LogP contribution in [0.25, 0.3) is 0 Å². The Morgan fingerprint density at radius 2 is 0.688 bits per heavy atom. The minimum absolute atomic E-state index is 0.0617. The van der Waals surface area contributed by atoms with E-state index < -0.39 is 40.2 Å². The van der Waals surface area contributed by atoms with Crippen molar-refractivity contribution in [2.75, 3.05) is 19.6 Å². The van der Waals surface area contributed by atoms with E-state index in [1.807, 2.05) is 86.6 Å². The molecular weight excluding hydrogens is 1000 g/mol. The summed E-state index contributed by atoms with van der Waals surface area (Å²) in [4.78, 5) is 129. The van der Waals surface area contributed by atoms with Gasteiger partial charge in [-0.3, -0.25) is 43.2 Å². The lowest BCUT2D eigenvalue weighted by Crippen LogP contribution is -2.47. The number of carbonyl (C=O) groups excluding carboxylic acids is 9. The first-order chi connectivity index (χ1) is 38.1. The van der Waals surface area contributed by atoms with Gasteiger partial charge in [-0.1, -0.05) is 102 Å². The quantitative estimate of drug-likeness (QED) is 0.0958. The second kappa shape index (κ2) is 18.9. The van der Waals surface area contributed by atoms with Crippen LogP contribution < -0.4 is 19.6 Å². The molecule has 13 heteroatoms. The number of fused-ring (bicyclic) bond motifs is 4. The van der Waals surface area contributed by atoms with E-state index in [-0.39, 0.29) is 80.7 Å². The van der Waals surface area contributed by atoms with Crippen LogP contribution in [0.5, 0.6) is 0 Å². The Morgan fingerprint density at radius 1 is 0.400 bits per heavy atom. The predicted octanol–water partition coefficient (Wildman–Crippen LogP) is 11.3. The standard InChI is InChI=1S/C67H62N4O9/c1-35-29-55-62(77)70(64(79)66(55,7)39(5)37(35)3)49-23-13-43(14-24-49)31-41-9-19-47(20-10-41)68-58(73)51-27-17-45(33-53(51)60(68)75)57(72)46-18-28-52-54(34-46)61(76)69(59(52)74)48-21-11-42(12-22-48)32-44-15-25-50(26-16-44)71-63(78)56-30-36(2)38(4)40(6)67(56,8)65(71)80/h9-28,33-40,55-56H,29-32H2,1-8H3. The van der Waals surface area contributed by atoms with Crippen molar-refractivity contribution < 1.29 is 43.2 Å². The van der Waals surface area contributed by atoms with Gasteiger partial charge in [-0.2, -0.15) is 0 Å². The number of hydrogen-bond donors (Lipinski definition) is 0.